The molecule has 36 heavy (non-hydrogen) atoms. The van der Waals surface area contributed by atoms with Gasteiger partial charge in [-0.3, -0.25) is 14.8 Å². The van der Waals surface area contributed by atoms with Crippen LogP contribution in [-0.2, 0) is 11.0 Å². The molecule has 2 fully saturated rings. The molecule has 5 heterocycles. The topological polar surface area (TPSA) is 118 Å². The van der Waals surface area contributed by atoms with E-state index in [0.717, 1.165) is 36.7 Å². The number of likely N-dealkylation sites (tertiary alicyclic amines) is 1. The van der Waals surface area contributed by atoms with Gasteiger partial charge >= 0.3 is 6.18 Å². The summed E-state index contributed by atoms with van der Waals surface area (Å²) in [5.74, 6) is 0.134. The molecular weight excluding hydrogens is 477 g/mol. The number of aliphatic hydroxyl groups excluding tert-OH is 2. The van der Waals surface area contributed by atoms with Gasteiger partial charge in [0.2, 0.25) is 0 Å². The van der Waals surface area contributed by atoms with E-state index < -0.39 is 35.9 Å². The number of nitrogens with zero attached hydrogens (tertiary/aromatic N) is 4. The second-order valence-electron chi connectivity index (χ2n) is 9.98. The first-order chi connectivity index (χ1) is 17.1. The Morgan fingerprint density at radius 3 is 2.50 bits per heavy atom. The van der Waals surface area contributed by atoms with Crippen molar-refractivity contribution < 1.29 is 28.2 Å². The van der Waals surface area contributed by atoms with Gasteiger partial charge in [-0.15, -0.1) is 0 Å². The molecule has 0 spiro atoms. The molecule has 3 aliphatic rings. The molecule has 9 nitrogen and oxygen atoms in total. The molecule has 4 N–H and O–H groups in total. The standard InChI is InChI=1S/C24H31F3N6O3/c1-13-18-19(30-31-21(18)29-22(35)20(13)34)14-5-9-32(10-6-14)17-11-15(16(12-28-17)24(25,26)27)23(36)33-7-3-2-4-8-33/h11-14,20,23,34,36H,2-10H2,1H3,(H2,29,30,31,35)/t13-,20-,23?/m0/s1. The van der Waals surface area contributed by atoms with Gasteiger partial charge in [0.25, 0.3) is 5.91 Å². The van der Waals surface area contributed by atoms with E-state index in [1.54, 1.807) is 11.8 Å². The average molecular weight is 509 g/mol. The number of amides is 1. The van der Waals surface area contributed by atoms with Crippen LogP contribution < -0.4 is 10.2 Å². The molecular formula is C24H31F3N6O3. The molecule has 1 unspecified atom stereocenters. The number of aromatic nitrogens is 3. The van der Waals surface area contributed by atoms with Crippen molar-refractivity contribution in [1.82, 2.24) is 20.1 Å². The lowest BCUT2D eigenvalue weighted by Gasteiger charge is -2.35. The minimum Gasteiger partial charge on any atom is -0.383 e. The van der Waals surface area contributed by atoms with E-state index in [2.05, 4.69) is 20.5 Å². The Balaban J connectivity index is 1.34. The SMILES string of the molecule is C[C@H]1c2c(C3CCN(c4cc(C(O)N5CCCCC5)c(C(F)(F)F)cn4)CC3)n[nH]c2NC(=O)[C@H]1O. The quantitative estimate of drug-likeness (QED) is 0.501. The van der Waals surface area contributed by atoms with Gasteiger partial charge in [0.15, 0.2) is 0 Å². The first kappa shape index (κ1) is 25.0. The fourth-order valence-electron chi connectivity index (χ4n) is 5.64. The van der Waals surface area contributed by atoms with Gasteiger partial charge < -0.3 is 20.4 Å². The van der Waals surface area contributed by atoms with Crippen molar-refractivity contribution in [2.45, 2.75) is 69.4 Å². The summed E-state index contributed by atoms with van der Waals surface area (Å²) >= 11 is 0. The van der Waals surface area contributed by atoms with Crippen molar-refractivity contribution in [1.29, 1.82) is 0 Å². The van der Waals surface area contributed by atoms with E-state index in [4.69, 9.17) is 0 Å². The van der Waals surface area contributed by atoms with Gasteiger partial charge in [-0.05, 0) is 31.7 Å². The molecule has 0 radical (unpaired) electrons. The molecule has 2 saturated heterocycles. The summed E-state index contributed by atoms with van der Waals surface area (Å²) in [4.78, 5) is 19.6. The van der Waals surface area contributed by atoms with Crippen molar-refractivity contribution in [2.75, 3.05) is 36.4 Å². The Morgan fingerprint density at radius 2 is 1.83 bits per heavy atom. The first-order valence-corrected chi connectivity index (χ1v) is 12.5. The number of hydrogen-bond acceptors (Lipinski definition) is 7. The zero-order chi connectivity index (χ0) is 25.6. The molecule has 2 aromatic heterocycles. The Labute approximate surface area is 206 Å². The number of carbonyl (C=O) groups is 1. The number of alkyl halides is 3. The summed E-state index contributed by atoms with van der Waals surface area (Å²) < 4.78 is 41.2. The maximum Gasteiger partial charge on any atom is 0.418 e. The molecule has 0 aliphatic carbocycles. The summed E-state index contributed by atoms with van der Waals surface area (Å²) in [6.07, 6.45) is -2.19. The third kappa shape index (κ3) is 4.57. The summed E-state index contributed by atoms with van der Waals surface area (Å²) in [5.41, 5.74) is 0.548. The largest absolute Gasteiger partial charge is 0.418 e. The lowest BCUT2D eigenvalue weighted by Crippen LogP contribution is -2.38. The highest BCUT2D eigenvalue weighted by molar-refractivity contribution is 5.97. The molecule has 3 aliphatic heterocycles. The van der Waals surface area contributed by atoms with Crippen molar-refractivity contribution in [3.63, 3.8) is 0 Å². The van der Waals surface area contributed by atoms with E-state index in [1.165, 1.54) is 6.07 Å². The molecule has 3 atom stereocenters. The third-order valence-electron chi connectivity index (χ3n) is 7.73. The van der Waals surface area contributed by atoms with Crippen molar-refractivity contribution in [3.05, 3.63) is 34.6 Å². The van der Waals surface area contributed by atoms with Crippen LogP contribution in [0.15, 0.2) is 12.3 Å². The number of hydrogen-bond donors (Lipinski definition) is 4. The highest BCUT2D eigenvalue weighted by Crippen LogP contribution is 2.41. The lowest BCUT2D eigenvalue weighted by atomic mass is 9.84. The average Bonchev–Trinajstić information content (AvgIpc) is 3.30. The monoisotopic (exact) mass is 508 g/mol. The fourth-order valence-corrected chi connectivity index (χ4v) is 5.64. The minimum atomic E-state index is -4.61. The number of rotatable bonds is 4. The molecule has 0 bridgehead atoms. The van der Waals surface area contributed by atoms with Crippen LogP contribution in [0.1, 0.15) is 79.5 Å². The molecule has 0 saturated carbocycles. The van der Waals surface area contributed by atoms with Gasteiger partial charge in [-0.2, -0.15) is 18.3 Å². The van der Waals surface area contributed by atoms with Gasteiger partial charge in [0.05, 0.1) is 11.3 Å². The number of fused-ring (bicyclic) bond motifs is 1. The van der Waals surface area contributed by atoms with Crippen LogP contribution >= 0.6 is 0 Å². The summed E-state index contributed by atoms with van der Waals surface area (Å²) in [5, 5.41) is 31.0. The Bertz CT molecular complexity index is 1110. The minimum absolute atomic E-state index is 0.0683. The Morgan fingerprint density at radius 1 is 1.14 bits per heavy atom. The van der Waals surface area contributed by atoms with Crippen molar-refractivity contribution in [2.24, 2.45) is 0 Å². The van der Waals surface area contributed by atoms with Crippen LogP contribution in [0, 0.1) is 0 Å². The Hall–Kier alpha value is -2.70. The zero-order valence-corrected chi connectivity index (χ0v) is 20.1. The number of carbonyl (C=O) groups excluding carboxylic acids is 1. The number of aliphatic hydroxyl groups is 2. The normalized spacial score (nSPS) is 24.9. The Kier molecular flexibility index (Phi) is 6.69. The van der Waals surface area contributed by atoms with Gasteiger partial charge in [0, 0.05) is 55.3 Å². The highest BCUT2D eigenvalue weighted by Gasteiger charge is 2.39. The van der Waals surface area contributed by atoms with Crippen LogP contribution in [-0.4, -0.2) is 68.5 Å². The second kappa shape index (κ2) is 9.64. The summed E-state index contributed by atoms with van der Waals surface area (Å²) in [7, 11) is 0. The third-order valence-corrected chi connectivity index (χ3v) is 7.73. The number of piperidine rings is 2. The number of nitrogens with one attached hydrogen (secondary N) is 2. The van der Waals surface area contributed by atoms with Crippen LogP contribution in [0.4, 0.5) is 24.8 Å². The molecule has 196 valence electrons. The molecule has 1 amide bonds. The van der Waals surface area contributed by atoms with Crippen LogP contribution in [0.25, 0.3) is 0 Å². The molecule has 5 rings (SSSR count). The van der Waals surface area contributed by atoms with E-state index in [0.29, 0.717) is 50.7 Å². The van der Waals surface area contributed by atoms with Crippen LogP contribution in [0.2, 0.25) is 0 Å². The maximum atomic E-state index is 13.7. The van der Waals surface area contributed by atoms with Gasteiger partial charge in [0.1, 0.15) is 24.0 Å². The fraction of sp³-hybridized carbons (Fsp3) is 0.625. The predicted octanol–water partition coefficient (Wildman–Crippen LogP) is 3.10. The number of pyridine rings is 1. The molecule has 2 aromatic rings. The maximum absolute atomic E-state index is 13.7. The smallest absolute Gasteiger partial charge is 0.383 e. The van der Waals surface area contributed by atoms with E-state index in [9.17, 15) is 28.2 Å². The van der Waals surface area contributed by atoms with Crippen molar-refractivity contribution in [3.8, 4) is 0 Å². The number of anilines is 2. The number of H-pyrrole nitrogens is 1. The lowest BCUT2D eigenvalue weighted by molar-refractivity contribution is -0.141. The summed E-state index contributed by atoms with van der Waals surface area (Å²) in [6.45, 7) is 4.00. The molecule has 12 heteroatoms. The zero-order valence-electron chi connectivity index (χ0n) is 20.1. The highest BCUT2D eigenvalue weighted by atomic mass is 19.4. The van der Waals surface area contributed by atoms with Gasteiger partial charge in [-0.25, -0.2) is 4.98 Å². The van der Waals surface area contributed by atoms with Gasteiger partial charge in [-0.1, -0.05) is 13.3 Å². The van der Waals surface area contributed by atoms with E-state index in [1.807, 2.05) is 4.90 Å². The van der Waals surface area contributed by atoms with E-state index in [-0.39, 0.29) is 11.5 Å². The second-order valence-corrected chi connectivity index (χ2v) is 9.98. The van der Waals surface area contributed by atoms with Crippen LogP contribution in [0.5, 0.6) is 0 Å². The van der Waals surface area contributed by atoms with E-state index >= 15 is 0 Å². The van der Waals surface area contributed by atoms with Crippen molar-refractivity contribution >= 4 is 17.5 Å². The summed E-state index contributed by atoms with van der Waals surface area (Å²) in [6, 6.07) is 1.38. The number of aromatic amines is 1. The van der Waals surface area contributed by atoms with Crippen LogP contribution in [0.3, 0.4) is 0 Å². The molecule has 0 aromatic carbocycles. The first-order valence-electron chi connectivity index (χ1n) is 12.5. The predicted molar refractivity (Wildman–Crippen MR) is 125 cm³/mol. The number of halogens is 3.